The summed E-state index contributed by atoms with van der Waals surface area (Å²) in [7, 11) is 0. The minimum absolute atomic E-state index is 0.0483. The SMILES string of the molecule is Fc1ccc(Nc2ncnc3ccc(NCc4ccc(OCc5ccccc5)cc4)cc23)cc1Cl. The van der Waals surface area contributed by atoms with Crippen molar-refractivity contribution in [3.05, 3.63) is 119 Å². The molecule has 0 aliphatic rings. The van der Waals surface area contributed by atoms with Crippen molar-refractivity contribution in [2.45, 2.75) is 13.2 Å². The second kappa shape index (κ2) is 10.4. The zero-order chi connectivity index (χ0) is 24.0. The molecule has 35 heavy (non-hydrogen) atoms. The number of aromatic nitrogens is 2. The standard InChI is InChI=1S/C28H22ClFN4O/c29-25-15-22(8-12-26(25)30)34-28-24-14-21(9-13-27(24)32-18-33-28)31-16-19-6-10-23(11-7-19)35-17-20-4-2-1-3-5-20/h1-15,18,31H,16-17H2,(H,32,33,34). The molecule has 0 atom stereocenters. The predicted molar refractivity (Wildman–Crippen MR) is 139 cm³/mol. The van der Waals surface area contributed by atoms with Crippen LogP contribution in [-0.2, 0) is 13.2 Å². The minimum atomic E-state index is -0.466. The van der Waals surface area contributed by atoms with Gasteiger partial charge in [-0.3, -0.25) is 0 Å². The molecule has 0 fully saturated rings. The van der Waals surface area contributed by atoms with Crippen LogP contribution >= 0.6 is 11.6 Å². The molecule has 0 amide bonds. The van der Waals surface area contributed by atoms with Gasteiger partial charge in [-0.05, 0) is 59.7 Å². The third-order valence-electron chi connectivity index (χ3n) is 5.49. The molecule has 0 bridgehead atoms. The number of nitrogens with zero attached hydrogens (tertiary/aromatic N) is 2. The van der Waals surface area contributed by atoms with Crippen LogP contribution in [0, 0.1) is 5.82 Å². The molecular formula is C28H22ClFN4O. The fraction of sp³-hybridized carbons (Fsp3) is 0.0714. The highest BCUT2D eigenvalue weighted by Gasteiger charge is 2.08. The van der Waals surface area contributed by atoms with Crippen LogP contribution in [0.5, 0.6) is 5.75 Å². The highest BCUT2D eigenvalue weighted by Crippen LogP contribution is 2.28. The molecule has 0 spiro atoms. The molecule has 0 saturated carbocycles. The van der Waals surface area contributed by atoms with Crippen LogP contribution in [-0.4, -0.2) is 9.97 Å². The minimum Gasteiger partial charge on any atom is -0.489 e. The van der Waals surface area contributed by atoms with Gasteiger partial charge in [-0.15, -0.1) is 0 Å². The van der Waals surface area contributed by atoms with Gasteiger partial charge in [-0.2, -0.15) is 0 Å². The summed E-state index contributed by atoms with van der Waals surface area (Å²) < 4.78 is 19.4. The van der Waals surface area contributed by atoms with E-state index in [0.29, 0.717) is 24.7 Å². The fourth-order valence-electron chi connectivity index (χ4n) is 3.63. The lowest BCUT2D eigenvalue weighted by atomic mass is 10.1. The van der Waals surface area contributed by atoms with Gasteiger partial charge >= 0.3 is 0 Å². The predicted octanol–water partition coefficient (Wildman–Crippen LogP) is 7.36. The molecule has 0 aliphatic heterocycles. The van der Waals surface area contributed by atoms with Gasteiger partial charge in [0.05, 0.1) is 10.5 Å². The summed E-state index contributed by atoms with van der Waals surface area (Å²) in [5.74, 6) is 0.977. The molecule has 0 unspecified atom stereocenters. The van der Waals surface area contributed by atoms with Gasteiger partial charge < -0.3 is 15.4 Å². The zero-order valence-electron chi connectivity index (χ0n) is 18.7. The van der Waals surface area contributed by atoms with Crippen LogP contribution in [0.3, 0.4) is 0 Å². The van der Waals surface area contributed by atoms with Crippen LogP contribution in [0.15, 0.2) is 97.3 Å². The Hall–Kier alpha value is -4.16. The van der Waals surface area contributed by atoms with Gasteiger partial charge in [0.1, 0.15) is 30.3 Å². The highest BCUT2D eigenvalue weighted by atomic mass is 35.5. The van der Waals surface area contributed by atoms with Crippen LogP contribution in [0.25, 0.3) is 10.9 Å². The Morgan fingerprint density at radius 3 is 2.40 bits per heavy atom. The summed E-state index contributed by atoms with van der Waals surface area (Å²) in [5.41, 5.74) is 4.62. The molecule has 0 saturated heterocycles. The first-order valence-electron chi connectivity index (χ1n) is 11.1. The van der Waals surface area contributed by atoms with E-state index in [0.717, 1.165) is 33.5 Å². The summed E-state index contributed by atoms with van der Waals surface area (Å²) in [4.78, 5) is 8.71. The Morgan fingerprint density at radius 1 is 0.800 bits per heavy atom. The number of hydrogen-bond donors (Lipinski definition) is 2. The largest absolute Gasteiger partial charge is 0.489 e. The van der Waals surface area contributed by atoms with Crippen LogP contribution < -0.4 is 15.4 Å². The molecule has 5 rings (SSSR count). The molecule has 1 aromatic heterocycles. The Kier molecular flexibility index (Phi) is 6.73. The molecular weight excluding hydrogens is 463 g/mol. The lowest BCUT2D eigenvalue weighted by Gasteiger charge is -2.12. The molecule has 174 valence electrons. The zero-order valence-corrected chi connectivity index (χ0v) is 19.5. The van der Waals surface area contributed by atoms with Crippen LogP contribution in [0.1, 0.15) is 11.1 Å². The molecule has 4 aromatic carbocycles. The number of rotatable bonds is 8. The normalized spacial score (nSPS) is 10.8. The first kappa shape index (κ1) is 22.6. The maximum atomic E-state index is 13.5. The summed E-state index contributed by atoms with van der Waals surface area (Å²) in [5, 5.41) is 7.53. The van der Waals surface area contributed by atoms with Crippen molar-refractivity contribution in [2.75, 3.05) is 10.6 Å². The van der Waals surface area contributed by atoms with Gasteiger partial charge in [0.25, 0.3) is 0 Å². The van der Waals surface area contributed by atoms with Crippen LogP contribution in [0.4, 0.5) is 21.6 Å². The Morgan fingerprint density at radius 2 is 1.60 bits per heavy atom. The summed E-state index contributed by atoms with van der Waals surface area (Å²) >= 11 is 5.91. The topological polar surface area (TPSA) is 59.1 Å². The van der Waals surface area contributed by atoms with Crippen LogP contribution in [0.2, 0.25) is 5.02 Å². The van der Waals surface area contributed by atoms with E-state index in [1.54, 1.807) is 6.07 Å². The van der Waals surface area contributed by atoms with E-state index in [9.17, 15) is 4.39 Å². The van der Waals surface area contributed by atoms with Crippen molar-refractivity contribution in [1.29, 1.82) is 0 Å². The molecule has 7 heteroatoms. The average molecular weight is 485 g/mol. The number of ether oxygens (including phenoxy) is 1. The fourth-order valence-corrected chi connectivity index (χ4v) is 3.81. The van der Waals surface area contributed by atoms with E-state index in [4.69, 9.17) is 16.3 Å². The Bertz CT molecular complexity index is 1450. The number of benzene rings is 4. The average Bonchev–Trinajstić information content (AvgIpc) is 2.90. The number of anilines is 3. The lowest BCUT2D eigenvalue weighted by molar-refractivity contribution is 0.306. The highest BCUT2D eigenvalue weighted by molar-refractivity contribution is 6.31. The van der Waals surface area contributed by atoms with Crippen molar-refractivity contribution in [1.82, 2.24) is 9.97 Å². The van der Waals surface area contributed by atoms with Gasteiger partial charge in [0.15, 0.2) is 0 Å². The second-order valence-electron chi connectivity index (χ2n) is 7.98. The van der Waals surface area contributed by atoms with E-state index < -0.39 is 5.82 Å². The Balaban J connectivity index is 1.25. The molecule has 5 aromatic rings. The quantitative estimate of drug-likeness (QED) is 0.241. The van der Waals surface area contributed by atoms with E-state index in [1.807, 2.05) is 72.8 Å². The smallest absolute Gasteiger partial charge is 0.141 e. The first-order valence-corrected chi connectivity index (χ1v) is 11.5. The van der Waals surface area contributed by atoms with Crippen molar-refractivity contribution in [2.24, 2.45) is 0 Å². The van der Waals surface area contributed by atoms with E-state index in [1.165, 1.54) is 18.5 Å². The number of hydrogen-bond acceptors (Lipinski definition) is 5. The third kappa shape index (κ3) is 5.67. The molecule has 0 radical (unpaired) electrons. The first-order chi connectivity index (χ1) is 17.1. The Labute approximate surface area is 207 Å². The molecule has 0 aliphatic carbocycles. The van der Waals surface area contributed by atoms with Crippen molar-refractivity contribution < 1.29 is 9.13 Å². The van der Waals surface area contributed by atoms with Crippen molar-refractivity contribution >= 4 is 39.7 Å². The lowest BCUT2D eigenvalue weighted by Crippen LogP contribution is -2.01. The van der Waals surface area contributed by atoms with Gasteiger partial charge in [0.2, 0.25) is 0 Å². The number of halogens is 2. The van der Waals surface area contributed by atoms with Gasteiger partial charge in [-0.25, -0.2) is 14.4 Å². The van der Waals surface area contributed by atoms with Crippen molar-refractivity contribution in [3.63, 3.8) is 0 Å². The molecule has 5 nitrogen and oxygen atoms in total. The summed E-state index contributed by atoms with van der Waals surface area (Å²) in [6, 6.07) is 28.5. The molecule has 1 heterocycles. The summed E-state index contributed by atoms with van der Waals surface area (Å²) in [6.07, 6.45) is 1.49. The van der Waals surface area contributed by atoms with Gasteiger partial charge in [0, 0.05) is 23.3 Å². The maximum Gasteiger partial charge on any atom is 0.141 e. The third-order valence-corrected chi connectivity index (χ3v) is 5.78. The van der Waals surface area contributed by atoms with E-state index >= 15 is 0 Å². The van der Waals surface area contributed by atoms with Crippen molar-refractivity contribution in [3.8, 4) is 5.75 Å². The second-order valence-corrected chi connectivity index (χ2v) is 8.39. The van der Waals surface area contributed by atoms with Gasteiger partial charge in [-0.1, -0.05) is 54.1 Å². The summed E-state index contributed by atoms with van der Waals surface area (Å²) in [6.45, 7) is 1.19. The monoisotopic (exact) mass is 484 g/mol. The van der Waals surface area contributed by atoms with E-state index in [-0.39, 0.29) is 5.02 Å². The maximum absolute atomic E-state index is 13.5. The molecule has 2 N–H and O–H groups in total. The number of nitrogens with one attached hydrogen (secondary N) is 2. The number of fused-ring (bicyclic) bond motifs is 1. The van der Waals surface area contributed by atoms with E-state index in [2.05, 4.69) is 20.6 Å².